The number of hydrazone groups is 1. The normalized spacial score (nSPS) is 10.9. The average Bonchev–Trinajstić information content (AvgIpc) is 2.37. The van der Waals surface area contributed by atoms with Crippen molar-refractivity contribution in [3.05, 3.63) is 33.8 Å². The van der Waals surface area contributed by atoms with E-state index >= 15 is 0 Å². The van der Waals surface area contributed by atoms with E-state index in [1.54, 1.807) is 18.3 Å². The lowest BCUT2D eigenvalue weighted by Crippen LogP contribution is -2.17. The smallest absolute Gasteiger partial charge is 0.267 e. The summed E-state index contributed by atoms with van der Waals surface area (Å²) in [7, 11) is 0. The van der Waals surface area contributed by atoms with Crippen molar-refractivity contribution < 1.29 is 4.79 Å². The summed E-state index contributed by atoms with van der Waals surface area (Å²) in [5.41, 5.74) is 2.82. The Balaban J connectivity index is 2.36. The van der Waals surface area contributed by atoms with Crippen LogP contribution in [0.3, 0.4) is 0 Å². The van der Waals surface area contributed by atoms with Gasteiger partial charge in [0, 0.05) is 11.2 Å². The fraction of sp³-hybridized carbons (Fsp3) is 0.429. The third-order valence-corrected chi connectivity index (χ3v) is 3.17. The van der Waals surface area contributed by atoms with Gasteiger partial charge in [0.25, 0.3) is 5.91 Å². The van der Waals surface area contributed by atoms with Crippen LogP contribution in [0.2, 0.25) is 10.0 Å². The van der Waals surface area contributed by atoms with Gasteiger partial charge < -0.3 is 0 Å². The average molecular weight is 301 g/mol. The van der Waals surface area contributed by atoms with E-state index in [4.69, 9.17) is 23.2 Å². The molecule has 0 atom stereocenters. The van der Waals surface area contributed by atoms with Gasteiger partial charge in [0.1, 0.15) is 0 Å². The molecule has 5 heteroatoms. The molecule has 0 bridgehead atoms. The van der Waals surface area contributed by atoms with Gasteiger partial charge in [-0.25, -0.2) is 5.43 Å². The summed E-state index contributed by atoms with van der Waals surface area (Å²) in [5.74, 6) is -0.327. The summed E-state index contributed by atoms with van der Waals surface area (Å²) in [6.07, 6.45) is 7.32. The standard InChI is InChI=1S/C14H18Cl2N2O/c1-2-3-4-5-6-9-17-18-14(19)12-8-7-11(15)10-13(12)16/h7-10H,2-6H2,1H3,(H,18,19)/b17-9+. The van der Waals surface area contributed by atoms with Crippen molar-refractivity contribution in [2.45, 2.75) is 39.0 Å². The van der Waals surface area contributed by atoms with Crippen molar-refractivity contribution in [3.8, 4) is 0 Å². The highest BCUT2D eigenvalue weighted by molar-refractivity contribution is 6.36. The number of carbonyl (C=O) groups is 1. The topological polar surface area (TPSA) is 41.5 Å². The highest BCUT2D eigenvalue weighted by atomic mass is 35.5. The predicted octanol–water partition coefficient (Wildman–Crippen LogP) is 4.68. The highest BCUT2D eigenvalue weighted by Gasteiger charge is 2.09. The van der Waals surface area contributed by atoms with Crippen molar-refractivity contribution in [2.24, 2.45) is 5.10 Å². The van der Waals surface area contributed by atoms with E-state index in [-0.39, 0.29) is 5.91 Å². The summed E-state index contributed by atoms with van der Waals surface area (Å²) in [6, 6.07) is 4.74. The number of halogens is 2. The van der Waals surface area contributed by atoms with Crippen molar-refractivity contribution in [1.29, 1.82) is 0 Å². The monoisotopic (exact) mass is 300 g/mol. The first kappa shape index (κ1) is 16.0. The Morgan fingerprint density at radius 2 is 2.11 bits per heavy atom. The SMILES string of the molecule is CCCCCC/C=N/NC(=O)c1ccc(Cl)cc1Cl. The minimum atomic E-state index is -0.327. The molecular formula is C14H18Cl2N2O. The van der Waals surface area contributed by atoms with Crippen LogP contribution in [0.4, 0.5) is 0 Å². The fourth-order valence-corrected chi connectivity index (χ4v) is 2.06. The molecule has 19 heavy (non-hydrogen) atoms. The molecule has 1 aromatic rings. The second-order valence-corrected chi connectivity index (χ2v) is 5.07. The summed E-state index contributed by atoms with van der Waals surface area (Å²) in [6.45, 7) is 2.17. The molecule has 1 rings (SSSR count). The Hall–Kier alpha value is -1.06. The van der Waals surface area contributed by atoms with E-state index in [0.717, 1.165) is 12.8 Å². The number of unbranched alkanes of at least 4 members (excludes halogenated alkanes) is 4. The number of nitrogens with one attached hydrogen (secondary N) is 1. The third-order valence-electron chi connectivity index (χ3n) is 2.62. The molecule has 0 aliphatic heterocycles. The Morgan fingerprint density at radius 3 is 2.79 bits per heavy atom. The molecule has 0 aliphatic rings. The Kier molecular flexibility index (Phi) is 7.53. The zero-order valence-electron chi connectivity index (χ0n) is 11.0. The molecule has 0 saturated heterocycles. The molecule has 0 spiro atoms. The van der Waals surface area contributed by atoms with Crippen LogP contribution < -0.4 is 5.43 Å². The molecule has 0 aliphatic carbocycles. The molecule has 1 N–H and O–H groups in total. The predicted molar refractivity (Wildman–Crippen MR) is 81.2 cm³/mol. The summed E-state index contributed by atoms with van der Waals surface area (Å²) in [5, 5.41) is 4.72. The first-order valence-electron chi connectivity index (χ1n) is 6.42. The Labute approximate surface area is 124 Å². The van der Waals surface area contributed by atoms with Crippen LogP contribution in [0.25, 0.3) is 0 Å². The van der Waals surface area contributed by atoms with Gasteiger partial charge in [-0.3, -0.25) is 4.79 Å². The number of benzene rings is 1. The van der Waals surface area contributed by atoms with Crippen LogP contribution in [0.1, 0.15) is 49.4 Å². The van der Waals surface area contributed by atoms with E-state index in [9.17, 15) is 4.79 Å². The van der Waals surface area contributed by atoms with Crippen molar-refractivity contribution in [3.63, 3.8) is 0 Å². The number of carbonyl (C=O) groups excluding carboxylic acids is 1. The summed E-state index contributed by atoms with van der Waals surface area (Å²) < 4.78 is 0. The molecule has 0 saturated carbocycles. The summed E-state index contributed by atoms with van der Waals surface area (Å²) >= 11 is 11.7. The molecule has 0 fully saturated rings. The first-order valence-corrected chi connectivity index (χ1v) is 7.17. The van der Waals surface area contributed by atoms with Crippen LogP contribution in [0.15, 0.2) is 23.3 Å². The minimum absolute atomic E-state index is 0.322. The maximum Gasteiger partial charge on any atom is 0.272 e. The molecule has 0 aromatic heterocycles. The maximum absolute atomic E-state index is 11.8. The maximum atomic E-state index is 11.8. The number of rotatable bonds is 7. The van der Waals surface area contributed by atoms with Gasteiger partial charge in [-0.2, -0.15) is 5.10 Å². The molecule has 3 nitrogen and oxygen atoms in total. The van der Waals surface area contributed by atoms with E-state index < -0.39 is 0 Å². The van der Waals surface area contributed by atoms with Gasteiger partial charge in [-0.05, 0) is 31.0 Å². The quantitative estimate of drug-likeness (QED) is 0.443. The van der Waals surface area contributed by atoms with Gasteiger partial charge in [0.2, 0.25) is 0 Å². The zero-order chi connectivity index (χ0) is 14.1. The van der Waals surface area contributed by atoms with E-state index in [1.807, 2.05) is 0 Å². The van der Waals surface area contributed by atoms with Crippen LogP contribution in [-0.2, 0) is 0 Å². The van der Waals surface area contributed by atoms with Crippen molar-refractivity contribution in [2.75, 3.05) is 0 Å². The van der Waals surface area contributed by atoms with E-state index in [1.165, 1.54) is 25.3 Å². The van der Waals surface area contributed by atoms with Crippen LogP contribution in [0, 0.1) is 0 Å². The van der Waals surface area contributed by atoms with Crippen LogP contribution in [0.5, 0.6) is 0 Å². The van der Waals surface area contributed by atoms with E-state index in [0.29, 0.717) is 15.6 Å². The number of hydrogen-bond acceptors (Lipinski definition) is 2. The number of hydrogen-bond donors (Lipinski definition) is 1. The molecule has 1 aromatic carbocycles. The third kappa shape index (κ3) is 6.08. The molecule has 0 heterocycles. The lowest BCUT2D eigenvalue weighted by Gasteiger charge is -2.02. The minimum Gasteiger partial charge on any atom is -0.267 e. The second-order valence-electron chi connectivity index (χ2n) is 4.23. The Bertz CT molecular complexity index is 447. The summed E-state index contributed by atoms with van der Waals surface area (Å²) in [4.78, 5) is 11.8. The first-order chi connectivity index (χ1) is 9.15. The fourth-order valence-electron chi connectivity index (χ4n) is 1.57. The van der Waals surface area contributed by atoms with Crippen molar-refractivity contribution >= 4 is 35.3 Å². The molecule has 0 unspecified atom stereocenters. The highest BCUT2D eigenvalue weighted by Crippen LogP contribution is 2.20. The zero-order valence-corrected chi connectivity index (χ0v) is 12.5. The van der Waals surface area contributed by atoms with Gasteiger partial charge >= 0.3 is 0 Å². The second kappa shape index (κ2) is 8.94. The largest absolute Gasteiger partial charge is 0.272 e. The van der Waals surface area contributed by atoms with Gasteiger partial charge in [0.15, 0.2) is 0 Å². The Morgan fingerprint density at radius 1 is 1.32 bits per heavy atom. The molecular weight excluding hydrogens is 283 g/mol. The van der Waals surface area contributed by atoms with Gasteiger partial charge in [0.05, 0.1) is 10.6 Å². The van der Waals surface area contributed by atoms with Crippen LogP contribution in [-0.4, -0.2) is 12.1 Å². The van der Waals surface area contributed by atoms with E-state index in [2.05, 4.69) is 17.5 Å². The lowest BCUT2D eigenvalue weighted by atomic mass is 10.2. The van der Waals surface area contributed by atoms with Gasteiger partial charge in [-0.1, -0.05) is 49.4 Å². The molecule has 0 radical (unpaired) electrons. The lowest BCUT2D eigenvalue weighted by molar-refractivity contribution is 0.0955. The van der Waals surface area contributed by atoms with Gasteiger partial charge in [-0.15, -0.1) is 0 Å². The van der Waals surface area contributed by atoms with Crippen molar-refractivity contribution in [1.82, 2.24) is 5.43 Å². The molecule has 104 valence electrons. The number of nitrogens with zero attached hydrogens (tertiary/aromatic N) is 1. The molecule has 1 amide bonds. The number of amides is 1. The van der Waals surface area contributed by atoms with Crippen LogP contribution >= 0.6 is 23.2 Å².